The highest BCUT2D eigenvalue weighted by Crippen LogP contribution is 1.96. The molecule has 1 N–H and O–H groups in total. The van der Waals surface area contributed by atoms with Gasteiger partial charge in [-0.3, -0.25) is 0 Å². The molecule has 1 fully saturated rings. The van der Waals surface area contributed by atoms with E-state index in [1.807, 2.05) is 11.4 Å². The van der Waals surface area contributed by atoms with Crippen LogP contribution in [0.1, 0.15) is 19.3 Å². The van der Waals surface area contributed by atoms with E-state index in [2.05, 4.69) is 9.69 Å². The maximum Gasteiger partial charge on any atom is 0.0406 e. The third kappa shape index (κ3) is 4.93. The Morgan fingerprint density at radius 2 is 2.00 bits per heavy atom. The van der Waals surface area contributed by atoms with Crippen LogP contribution >= 0.6 is 11.5 Å². The summed E-state index contributed by atoms with van der Waals surface area (Å²) in [6.07, 6.45) is 5.98. The lowest BCUT2D eigenvalue weighted by Gasteiger charge is -2.08. The van der Waals surface area contributed by atoms with Gasteiger partial charge in [0.15, 0.2) is 0 Å². The second-order valence-electron chi connectivity index (χ2n) is 2.50. The Balaban J connectivity index is 0.000000112. The van der Waals surface area contributed by atoms with Gasteiger partial charge in [-0.25, -0.2) is 4.37 Å². The third-order valence-corrected chi connectivity index (χ3v) is 2.08. The van der Waals surface area contributed by atoms with Crippen LogP contribution in [0.25, 0.3) is 0 Å². The van der Waals surface area contributed by atoms with Gasteiger partial charge in [-0.15, -0.1) is 0 Å². The second kappa shape index (κ2) is 6.31. The Morgan fingerprint density at radius 3 is 2.18 bits per heavy atom. The molecule has 0 aliphatic carbocycles. The fraction of sp³-hybridized carbons (Fsp3) is 0.625. The van der Waals surface area contributed by atoms with Crippen molar-refractivity contribution in [2.24, 2.45) is 0 Å². The van der Waals surface area contributed by atoms with Gasteiger partial charge in [0, 0.05) is 11.6 Å². The average molecular weight is 170 g/mol. The molecule has 0 aromatic carbocycles. The monoisotopic (exact) mass is 170 g/mol. The van der Waals surface area contributed by atoms with Gasteiger partial charge in [0.05, 0.1) is 0 Å². The summed E-state index contributed by atoms with van der Waals surface area (Å²) in [4.78, 5) is 0. The Kier molecular flexibility index (Phi) is 4.98. The third-order valence-electron chi connectivity index (χ3n) is 1.55. The summed E-state index contributed by atoms with van der Waals surface area (Å²) in [6, 6.07) is 1.91. The Bertz CT molecular complexity index is 118. The molecule has 62 valence electrons. The van der Waals surface area contributed by atoms with Crippen LogP contribution in [0.4, 0.5) is 0 Å². The number of hydrogen-bond donors (Lipinski definition) is 1. The highest BCUT2D eigenvalue weighted by Gasteiger charge is 1.93. The summed E-state index contributed by atoms with van der Waals surface area (Å²) in [7, 11) is 0. The normalized spacial score (nSPS) is 16.7. The molecule has 0 saturated carbocycles. The van der Waals surface area contributed by atoms with Crippen molar-refractivity contribution < 1.29 is 0 Å². The van der Waals surface area contributed by atoms with E-state index in [0.29, 0.717) is 0 Å². The van der Waals surface area contributed by atoms with Crippen LogP contribution in [0.2, 0.25) is 0 Å². The average Bonchev–Trinajstić information content (AvgIpc) is 2.64. The maximum absolute atomic E-state index is 3.76. The minimum absolute atomic E-state index is 1.25. The van der Waals surface area contributed by atoms with Gasteiger partial charge in [0.25, 0.3) is 0 Å². The van der Waals surface area contributed by atoms with Crippen LogP contribution in [-0.2, 0) is 0 Å². The van der Waals surface area contributed by atoms with Gasteiger partial charge in [-0.2, -0.15) is 0 Å². The van der Waals surface area contributed by atoms with Crippen LogP contribution in [0.3, 0.4) is 0 Å². The number of hydrogen-bond acceptors (Lipinski definition) is 3. The number of piperidine rings is 1. The predicted molar refractivity (Wildman–Crippen MR) is 48.8 cm³/mol. The lowest BCUT2D eigenvalue weighted by molar-refractivity contribution is 0.520. The molecule has 1 aliphatic heterocycles. The summed E-state index contributed by atoms with van der Waals surface area (Å²) in [5.74, 6) is 0. The fourth-order valence-electron chi connectivity index (χ4n) is 0.977. The predicted octanol–water partition coefficient (Wildman–Crippen LogP) is 1.90. The van der Waals surface area contributed by atoms with Crippen molar-refractivity contribution >= 4 is 11.5 Å². The van der Waals surface area contributed by atoms with Crippen molar-refractivity contribution in [3.05, 3.63) is 17.6 Å². The highest BCUT2D eigenvalue weighted by molar-refractivity contribution is 7.03. The lowest BCUT2D eigenvalue weighted by Crippen LogP contribution is -2.21. The van der Waals surface area contributed by atoms with Gasteiger partial charge in [-0.05, 0) is 43.5 Å². The molecule has 1 saturated heterocycles. The summed E-state index contributed by atoms with van der Waals surface area (Å²) in [6.45, 7) is 2.50. The van der Waals surface area contributed by atoms with Gasteiger partial charge in [0.2, 0.25) is 0 Å². The van der Waals surface area contributed by atoms with Crippen LogP contribution in [0.15, 0.2) is 17.6 Å². The summed E-state index contributed by atoms with van der Waals surface area (Å²) >= 11 is 1.46. The minimum atomic E-state index is 1.25. The first-order chi connectivity index (χ1) is 5.50. The quantitative estimate of drug-likeness (QED) is 0.643. The minimum Gasteiger partial charge on any atom is -0.317 e. The zero-order valence-electron chi connectivity index (χ0n) is 6.62. The first-order valence-corrected chi connectivity index (χ1v) is 4.89. The second-order valence-corrected chi connectivity index (χ2v) is 3.19. The van der Waals surface area contributed by atoms with Crippen LogP contribution in [0, 0.1) is 0 Å². The smallest absolute Gasteiger partial charge is 0.0406 e. The van der Waals surface area contributed by atoms with E-state index in [0.717, 1.165) is 0 Å². The van der Waals surface area contributed by atoms with Crippen molar-refractivity contribution in [1.82, 2.24) is 9.69 Å². The molecule has 0 amide bonds. The largest absolute Gasteiger partial charge is 0.317 e. The van der Waals surface area contributed by atoms with Crippen LogP contribution < -0.4 is 5.32 Å². The lowest BCUT2D eigenvalue weighted by atomic mass is 10.2. The van der Waals surface area contributed by atoms with E-state index >= 15 is 0 Å². The highest BCUT2D eigenvalue weighted by atomic mass is 32.1. The molecule has 0 radical (unpaired) electrons. The van der Waals surface area contributed by atoms with Crippen molar-refractivity contribution in [3.8, 4) is 0 Å². The molecule has 11 heavy (non-hydrogen) atoms. The molecule has 1 aromatic rings. The molecule has 0 atom stereocenters. The molecule has 1 aliphatic rings. The molecular formula is C8H14N2S. The van der Waals surface area contributed by atoms with E-state index in [1.54, 1.807) is 6.20 Å². The van der Waals surface area contributed by atoms with Gasteiger partial charge in [-0.1, -0.05) is 6.42 Å². The zero-order valence-corrected chi connectivity index (χ0v) is 7.44. The molecule has 0 unspecified atom stereocenters. The van der Waals surface area contributed by atoms with Crippen molar-refractivity contribution in [1.29, 1.82) is 0 Å². The van der Waals surface area contributed by atoms with E-state index in [4.69, 9.17) is 0 Å². The van der Waals surface area contributed by atoms with Crippen molar-refractivity contribution in [3.63, 3.8) is 0 Å². The molecule has 2 heterocycles. The number of nitrogens with one attached hydrogen (secondary N) is 1. The molecule has 1 aromatic heterocycles. The maximum atomic E-state index is 3.76. The molecule has 0 spiro atoms. The Hall–Kier alpha value is -0.410. The molecular weight excluding hydrogens is 156 g/mol. The molecule has 3 heteroatoms. The van der Waals surface area contributed by atoms with E-state index in [9.17, 15) is 0 Å². The number of nitrogens with zero attached hydrogens (tertiary/aromatic N) is 1. The standard InChI is InChI=1S/C5H11N.C3H3NS/c1-2-4-6-5-3-1;1-2-4-5-3-1/h6H,1-5H2;1-3H. The summed E-state index contributed by atoms with van der Waals surface area (Å²) in [5, 5.41) is 5.22. The Morgan fingerprint density at radius 1 is 1.18 bits per heavy atom. The van der Waals surface area contributed by atoms with Gasteiger partial charge < -0.3 is 5.32 Å². The van der Waals surface area contributed by atoms with Gasteiger partial charge in [0.1, 0.15) is 0 Å². The van der Waals surface area contributed by atoms with E-state index in [-0.39, 0.29) is 0 Å². The van der Waals surface area contributed by atoms with Crippen molar-refractivity contribution in [2.45, 2.75) is 19.3 Å². The fourth-order valence-corrected chi connectivity index (χ4v) is 1.33. The first-order valence-electron chi connectivity index (χ1n) is 4.05. The van der Waals surface area contributed by atoms with Gasteiger partial charge >= 0.3 is 0 Å². The van der Waals surface area contributed by atoms with Crippen molar-refractivity contribution in [2.75, 3.05) is 13.1 Å². The number of rotatable bonds is 0. The SMILES string of the molecule is C1CCNCC1.c1cnsc1. The first kappa shape index (κ1) is 8.68. The Labute approximate surface area is 71.8 Å². The van der Waals surface area contributed by atoms with E-state index < -0.39 is 0 Å². The van der Waals surface area contributed by atoms with E-state index in [1.165, 1.54) is 43.9 Å². The van der Waals surface area contributed by atoms with Crippen LogP contribution in [0.5, 0.6) is 0 Å². The topological polar surface area (TPSA) is 24.9 Å². The zero-order chi connectivity index (χ0) is 7.78. The summed E-state index contributed by atoms with van der Waals surface area (Å²) in [5.41, 5.74) is 0. The molecule has 0 bridgehead atoms. The molecule has 2 rings (SSSR count). The van der Waals surface area contributed by atoms with Crippen LogP contribution in [-0.4, -0.2) is 17.5 Å². The summed E-state index contributed by atoms with van der Waals surface area (Å²) < 4.78 is 3.76. The molecule has 2 nitrogen and oxygen atoms in total. The number of aromatic nitrogens is 1.